The first-order valence-electron chi connectivity index (χ1n) is 5.98. The number of rotatable bonds is 4. The fourth-order valence-corrected chi connectivity index (χ4v) is 1.80. The smallest absolute Gasteiger partial charge is 0.272 e. The van der Waals surface area contributed by atoms with Gasteiger partial charge < -0.3 is 10.4 Å². The first-order valence-corrected chi connectivity index (χ1v) is 5.98. The van der Waals surface area contributed by atoms with Crippen LogP contribution in [0.2, 0.25) is 0 Å². The Balaban J connectivity index is 2.23. The summed E-state index contributed by atoms with van der Waals surface area (Å²) in [6.07, 6.45) is 0. The number of benzene rings is 1. The van der Waals surface area contributed by atoms with E-state index in [1.807, 2.05) is 38.1 Å². The van der Waals surface area contributed by atoms with Gasteiger partial charge in [-0.3, -0.25) is 9.89 Å². The Morgan fingerprint density at radius 3 is 2.83 bits per heavy atom. The Morgan fingerprint density at radius 1 is 1.44 bits per heavy atom. The molecule has 1 amide bonds. The molecule has 1 aromatic carbocycles. The van der Waals surface area contributed by atoms with Crippen LogP contribution in [0, 0.1) is 5.92 Å². The van der Waals surface area contributed by atoms with E-state index in [-0.39, 0.29) is 24.5 Å². The highest BCUT2D eigenvalue weighted by Crippen LogP contribution is 2.15. The normalized spacial score (nSPS) is 12.9. The number of aliphatic hydroxyl groups excluding tert-OH is 1. The second-order valence-electron chi connectivity index (χ2n) is 4.62. The molecular formula is C13H17N3O2. The summed E-state index contributed by atoms with van der Waals surface area (Å²) in [4.78, 5) is 12.1. The van der Waals surface area contributed by atoms with Crippen LogP contribution >= 0.6 is 0 Å². The largest absolute Gasteiger partial charge is 0.394 e. The summed E-state index contributed by atoms with van der Waals surface area (Å²) >= 11 is 0. The lowest BCUT2D eigenvalue weighted by Gasteiger charge is -2.19. The maximum Gasteiger partial charge on any atom is 0.272 e. The summed E-state index contributed by atoms with van der Waals surface area (Å²) in [5.74, 6) is -0.0932. The molecule has 5 nitrogen and oxygen atoms in total. The second-order valence-corrected chi connectivity index (χ2v) is 4.62. The molecule has 0 saturated carbocycles. The molecule has 3 N–H and O–H groups in total. The second kappa shape index (κ2) is 5.18. The average Bonchev–Trinajstić information content (AvgIpc) is 2.79. The Morgan fingerprint density at radius 2 is 2.17 bits per heavy atom. The fourth-order valence-electron chi connectivity index (χ4n) is 1.80. The average molecular weight is 247 g/mol. The molecule has 0 aliphatic heterocycles. The SMILES string of the molecule is CC(C)[C@@H](CO)NC(=O)c1n[nH]c2ccccc12. The lowest BCUT2D eigenvalue weighted by molar-refractivity contribution is 0.0893. The fraction of sp³-hybridized carbons (Fsp3) is 0.385. The van der Waals surface area contributed by atoms with Gasteiger partial charge in [0.15, 0.2) is 5.69 Å². The molecule has 0 spiro atoms. The van der Waals surface area contributed by atoms with Crippen LogP contribution < -0.4 is 5.32 Å². The standard InChI is InChI=1S/C13H17N3O2/c1-8(2)11(7-17)14-13(18)12-9-5-3-4-6-10(9)15-16-12/h3-6,8,11,17H,7H2,1-2H3,(H,14,18)(H,15,16)/t11-/m1/s1. The van der Waals surface area contributed by atoms with Crippen molar-refractivity contribution >= 4 is 16.8 Å². The van der Waals surface area contributed by atoms with Crippen LogP contribution in [0.25, 0.3) is 10.9 Å². The molecule has 0 radical (unpaired) electrons. The summed E-state index contributed by atoms with van der Waals surface area (Å²) in [5.41, 5.74) is 1.19. The van der Waals surface area contributed by atoms with Crippen molar-refractivity contribution in [2.75, 3.05) is 6.61 Å². The summed E-state index contributed by atoms with van der Waals surface area (Å²) in [6, 6.07) is 7.20. The van der Waals surface area contributed by atoms with Crippen LogP contribution in [-0.2, 0) is 0 Å². The molecule has 1 heterocycles. The third kappa shape index (κ3) is 2.36. The van der Waals surface area contributed by atoms with Gasteiger partial charge in [-0.05, 0) is 12.0 Å². The molecule has 0 fully saturated rings. The number of fused-ring (bicyclic) bond motifs is 1. The molecule has 0 saturated heterocycles. The molecule has 1 aromatic heterocycles. The van der Waals surface area contributed by atoms with E-state index in [0.717, 1.165) is 10.9 Å². The first kappa shape index (κ1) is 12.6. The van der Waals surface area contributed by atoms with Gasteiger partial charge in [0.25, 0.3) is 5.91 Å². The molecule has 5 heteroatoms. The first-order chi connectivity index (χ1) is 8.63. The van der Waals surface area contributed by atoms with Crippen molar-refractivity contribution in [3.8, 4) is 0 Å². The number of aliphatic hydroxyl groups is 1. The van der Waals surface area contributed by atoms with E-state index in [2.05, 4.69) is 15.5 Å². The monoisotopic (exact) mass is 247 g/mol. The lowest BCUT2D eigenvalue weighted by Crippen LogP contribution is -2.41. The van der Waals surface area contributed by atoms with Crippen LogP contribution in [0.5, 0.6) is 0 Å². The Hall–Kier alpha value is -1.88. The zero-order valence-electron chi connectivity index (χ0n) is 10.5. The minimum absolute atomic E-state index is 0.0776. The van der Waals surface area contributed by atoms with E-state index >= 15 is 0 Å². The third-order valence-corrected chi connectivity index (χ3v) is 3.00. The van der Waals surface area contributed by atoms with Gasteiger partial charge in [0.05, 0.1) is 18.2 Å². The van der Waals surface area contributed by atoms with Gasteiger partial charge in [-0.1, -0.05) is 32.0 Å². The zero-order chi connectivity index (χ0) is 13.1. The van der Waals surface area contributed by atoms with Crippen molar-refractivity contribution in [1.82, 2.24) is 15.5 Å². The van der Waals surface area contributed by atoms with Crippen LogP contribution in [0.15, 0.2) is 24.3 Å². The van der Waals surface area contributed by atoms with Crippen LogP contribution in [0.4, 0.5) is 0 Å². The quantitative estimate of drug-likeness (QED) is 0.762. The predicted molar refractivity (Wildman–Crippen MR) is 69.3 cm³/mol. The number of amides is 1. The van der Waals surface area contributed by atoms with Crippen molar-refractivity contribution in [1.29, 1.82) is 0 Å². The molecule has 0 aliphatic carbocycles. The van der Waals surface area contributed by atoms with Gasteiger partial charge in [-0.25, -0.2) is 0 Å². The van der Waals surface area contributed by atoms with Crippen LogP contribution in [-0.4, -0.2) is 33.9 Å². The van der Waals surface area contributed by atoms with Crippen molar-refractivity contribution in [2.24, 2.45) is 5.92 Å². The van der Waals surface area contributed by atoms with Crippen molar-refractivity contribution in [3.63, 3.8) is 0 Å². The lowest BCUT2D eigenvalue weighted by atomic mass is 10.1. The van der Waals surface area contributed by atoms with E-state index in [9.17, 15) is 9.90 Å². The molecule has 96 valence electrons. The maximum absolute atomic E-state index is 12.1. The van der Waals surface area contributed by atoms with Crippen LogP contribution in [0.3, 0.4) is 0 Å². The van der Waals surface area contributed by atoms with Gasteiger partial charge >= 0.3 is 0 Å². The van der Waals surface area contributed by atoms with E-state index in [4.69, 9.17) is 0 Å². The number of para-hydroxylation sites is 1. The molecule has 18 heavy (non-hydrogen) atoms. The van der Waals surface area contributed by atoms with E-state index in [1.54, 1.807) is 0 Å². The number of carbonyl (C=O) groups is 1. The molecule has 0 aliphatic rings. The van der Waals surface area contributed by atoms with Gasteiger partial charge in [0.1, 0.15) is 0 Å². The van der Waals surface area contributed by atoms with Crippen molar-refractivity contribution < 1.29 is 9.90 Å². The van der Waals surface area contributed by atoms with E-state index in [0.29, 0.717) is 5.69 Å². The van der Waals surface area contributed by atoms with Crippen LogP contribution in [0.1, 0.15) is 24.3 Å². The van der Waals surface area contributed by atoms with Gasteiger partial charge in [0.2, 0.25) is 0 Å². The Labute approximate surface area is 105 Å². The zero-order valence-corrected chi connectivity index (χ0v) is 10.5. The van der Waals surface area contributed by atoms with E-state index < -0.39 is 0 Å². The van der Waals surface area contributed by atoms with Crippen molar-refractivity contribution in [2.45, 2.75) is 19.9 Å². The summed E-state index contributed by atoms with van der Waals surface area (Å²) in [7, 11) is 0. The topological polar surface area (TPSA) is 78.0 Å². The summed E-state index contributed by atoms with van der Waals surface area (Å²) in [6.45, 7) is 3.82. The number of hydrogen-bond acceptors (Lipinski definition) is 3. The highest BCUT2D eigenvalue weighted by Gasteiger charge is 2.19. The predicted octanol–water partition coefficient (Wildman–Crippen LogP) is 1.31. The number of nitrogens with one attached hydrogen (secondary N) is 2. The summed E-state index contributed by atoms with van der Waals surface area (Å²) < 4.78 is 0. The maximum atomic E-state index is 12.1. The molecule has 2 aromatic rings. The Bertz CT molecular complexity index is 548. The minimum atomic E-state index is -0.264. The third-order valence-electron chi connectivity index (χ3n) is 3.00. The van der Waals surface area contributed by atoms with Crippen molar-refractivity contribution in [3.05, 3.63) is 30.0 Å². The Kier molecular flexibility index (Phi) is 3.62. The highest BCUT2D eigenvalue weighted by molar-refractivity contribution is 6.04. The number of nitrogens with zero attached hydrogens (tertiary/aromatic N) is 1. The number of hydrogen-bond donors (Lipinski definition) is 3. The minimum Gasteiger partial charge on any atom is -0.394 e. The van der Waals surface area contributed by atoms with E-state index in [1.165, 1.54) is 0 Å². The van der Waals surface area contributed by atoms with Gasteiger partial charge in [-0.2, -0.15) is 5.10 Å². The number of carbonyl (C=O) groups excluding carboxylic acids is 1. The molecular weight excluding hydrogens is 230 g/mol. The number of H-pyrrole nitrogens is 1. The molecule has 0 unspecified atom stereocenters. The molecule has 1 atom stereocenters. The van der Waals surface area contributed by atoms with Gasteiger partial charge in [0, 0.05) is 5.39 Å². The highest BCUT2D eigenvalue weighted by atomic mass is 16.3. The molecule has 2 rings (SSSR count). The number of aromatic nitrogens is 2. The summed E-state index contributed by atoms with van der Waals surface area (Å²) in [5, 5.41) is 19.6. The molecule has 0 bridgehead atoms. The van der Waals surface area contributed by atoms with Gasteiger partial charge in [-0.15, -0.1) is 0 Å². The number of aromatic amines is 1.